The lowest BCUT2D eigenvalue weighted by Gasteiger charge is -2.49. The summed E-state index contributed by atoms with van der Waals surface area (Å²) < 4.78 is 0. The molecule has 0 aromatic heterocycles. The van der Waals surface area contributed by atoms with Gasteiger partial charge >= 0.3 is 0 Å². The van der Waals surface area contributed by atoms with Gasteiger partial charge in [-0.1, -0.05) is 26.0 Å². The monoisotopic (exact) mass is 267 g/mol. The average Bonchev–Trinajstić information content (AvgIpc) is 2.38. The first-order chi connectivity index (χ1) is 8.45. The van der Waals surface area contributed by atoms with Gasteiger partial charge in [0.05, 0.1) is 6.10 Å². The fraction of sp³-hybridized carbons (Fsp3) is 0.500. The highest BCUT2D eigenvalue weighted by Crippen LogP contribution is 2.40. The molecule has 1 saturated carbocycles. The van der Waals surface area contributed by atoms with E-state index in [2.05, 4.69) is 5.32 Å². The van der Waals surface area contributed by atoms with Gasteiger partial charge in [0.15, 0.2) is 0 Å². The topological polar surface area (TPSA) is 49.3 Å². The Kier molecular flexibility index (Phi) is 3.64. The molecule has 0 radical (unpaired) electrons. The van der Waals surface area contributed by atoms with Crippen LogP contribution in [0, 0.1) is 5.41 Å². The summed E-state index contributed by atoms with van der Waals surface area (Å²) in [7, 11) is 0. The molecule has 2 unspecified atom stereocenters. The Morgan fingerprint density at radius 3 is 2.83 bits per heavy atom. The van der Waals surface area contributed by atoms with Crippen LogP contribution in [-0.4, -0.2) is 23.2 Å². The summed E-state index contributed by atoms with van der Waals surface area (Å²) in [4.78, 5) is 12.1. The second-order valence-corrected chi connectivity index (χ2v) is 5.70. The minimum atomic E-state index is -0.336. The molecule has 3 nitrogen and oxygen atoms in total. The van der Waals surface area contributed by atoms with Crippen LogP contribution in [0.5, 0.6) is 0 Å². The summed E-state index contributed by atoms with van der Waals surface area (Å²) in [5, 5.41) is 12.6. The molecular formula is C14H18ClNO2. The van der Waals surface area contributed by atoms with Gasteiger partial charge in [0.25, 0.3) is 5.91 Å². The van der Waals surface area contributed by atoms with Crippen molar-refractivity contribution in [3.63, 3.8) is 0 Å². The number of halogens is 1. The van der Waals surface area contributed by atoms with Crippen LogP contribution in [0.3, 0.4) is 0 Å². The van der Waals surface area contributed by atoms with Gasteiger partial charge < -0.3 is 10.4 Å². The van der Waals surface area contributed by atoms with Gasteiger partial charge in [-0.15, -0.1) is 11.6 Å². The van der Waals surface area contributed by atoms with Crippen molar-refractivity contribution in [2.75, 3.05) is 0 Å². The second-order valence-electron chi connectivity index (χ2n) is 5.43. The lowest BCUT2D eigenvalue weighted by molar-refractivity contribution is -0.0689. The summed E-state index contributed by atoms with van der Waals surface area (Å²) in [5.41, 5.74) is 1.29. The Morgan fingerprint density at radius 2 is 2.28 bits per heavy atom. The molecule has 0 bridgehead atoms. The van der Waals surface area contributed by atoms with Gasteiger partial charge in [-0.05, 0) is 24.1 Å². The number of nitrogens with one attached hydrogen (secondary N) is 1. The number of benzene rings is 1. The molecule has 0 saturated heterocycles. The maximum atomic E-state index is 12.1. The van der Waals surface area contributed by atoms with Crippen molar-refractivity contribution in [2.45, 2.75) is 38.3 Å². The smallest absolute Gasteiger partial charge is 0.251 e. The molecule has 2 atom stereocenters. The van der Waals surface area contributed by atoms with E-state index in [1.165, 1.54) is 0 Å². The first-order valence-corrected chi connectivity index (χ1v) is 6.62. The Morgan fingerprint density at radius 1 is 1.56 bits per heavy atom. The van der Waals surface area contributed by atoms with E-state index in [4.69, 9.17) is 11.6 Å². The highest BCUT2D eigenvalue weighted by atomic mass is 35.5. The fourth-order valence-corrected chi connectivity index (χ4v) is 2.35. The molecule has 2 rings (SSSR count). The average molecular weight is 268 g/mol. The maximum Gasteiger partial charge on any atom is 0.251 e. The molecule has 1 amide bonds. The van der Waals surface area contributed by atoms with Crippen molar-refractivity contribution in [2.24, 2.45) is 5.41 Å². The predicted molar refractivity (Wildman–Crippen MR) is 71.7 cm³/mol. The zero-order valence-electron chi connectivity index (χ0n) is 10.6. The molecule has 1 aromatic carbocycles. The normalized spacial score (nSPS) is 25.3. The van der Waals surface area contributed by atoms with Gasteiger partial charge in [0, 0.05) is 22.9 Å². The minimum Gasteiger partial charge on any atom is -0.392 e. The van der Waals surface area contributed by atoms with Crippen LogP contribution in [0.25, 0.3) is 0 Å². The largest absolute Gasteiger partial charge is 0.392 e. The number of alkyl halides is 1. The number of hydrogen-bond donors (Lipinski definition) is 2. The summed E-state index contributed by atoms with van der Waals surface area (Å²) in [6, 6.07) is 7.31. The summed E-state index contributed by atoms with van der Waals surface area (Å²) in [6.45, 7) is 3.92. The molecule has 1 aromatic rings. The van der Waals surface area contributed by atoms with E-state index in [0.29, 0.717) is 17.9 Å². The predicted octanol–water partition coefficient (Wildman–Crippen LogP) is 2.31. The number of rotatable bonds is 3. The lowest BCUT2D eigenvalue weighted by Crippen LogP contribution is -2.61. The molecular weight excluding hydrogens is 250 g/mol. The van der Waals surface area contributed by atoms with Gasteiger partial charge in [-0.25, -0.2) is 0 Å². The van der Waals surface area contributed by atoms with Crippen LogP contribution in [0.2, 0.25) is 0 Å². The van der Waals surface area contributed by atoms with Crippen LogP contribution in [-0.2, 0) is 5.88 Å². The molecule has 1 fully saturated rings. The van der Waals surface area contributed by atoms with Crippen LogP contribution < -0.4 is 5.32 Å². The first-order valence-electron chi connectivity index (χ1n) is 6.09. The maximum absolute atomic E-state index is 12.1. The van der Waals surface area contributed by atoms with E-state index < -0.39 is 0 Å². The SMILES string of the molecule is CC1(C)C(O)CC1NC(=O)c1cccc(CCl)c1. The molecule has 1 aliphatic carbocycles. The Bertz CT molecular complexity index is 459. The van der Waals surface area contributed by atoms with E-state index in [9.17, 15) is 9.90 Å². The number of amides is 1. The zero-order valence-corrected chi connectivity index (χ0v) is 11.4. The molecule has 98 valence electrons. The van der Waals surface area contributed by atoms with Gasteiger partial charge in [-0.2, -0.15) is 0 Å². The molecule has 0 heterocycles. The first kappa shape index (κ1) is 13.4. The standard InChI is InChI=1S/C14H18ClNO2/c1-14(2)11(7-12(14)17)16-13(18)10-5-3-4-9(6-10)8-15/h3-6,11-12,17H,7-8H2,1-2H3,(H,16,18). The second kappa shape index (κ2) is 4.90. The number of aliphatic hydroxyl groups excluding tert-OH is 1. The Hall–Kier alpha value is -1.06. The van der Waals surface area contributed by atoms with Gasteiger partial charge in [0.2, 0.25) is 0 Å². The van der Waals surface area contributed by atoms with Crippen LogP contribution in [0.4, 0.5) is 0 Å². The number of carbonyl (C=O) groups excluding carboxylic acids is 1. The third-order valence-electron chi connectivity index (χ3n) is 3.86. The quantitative estimate of drug-likeness (QED) is 0.826. The number of hydrogen-bond acceptors (Lipinski definition) is 2. The van der Waals surface area contributed by atoms with Crippen LogP contribution in [0.15, 0.2) is 24.3 Å². The highest BCUT2D eigenvalue weighted by molar-refractivity contribution is 6.17. The van der Waals surface area contributed by atoms with Crippen LogP contribution in [0.1, 0.15) is 36.2 Å². The van der Waals surface area contributed by atoms with E-state index in [0.717, 1.165) is 5.56 Å². The molecule has 2 N–H and O–H groups in total. The third kappa shape index (κ3) is 2.38. The summed E-state index contributed by atoms with van der Waals surface area (Å²) >= 11 is 5.75. The molecule has 18 heavy (non-hydrogen) atoms. The van der Waals surface area contributed by atoms with Crippen molar-refractivity contribution in [1.29, 1.82) is 0 Å². The van der Waals surface area contributed by atoms with E-state index >= 15 is 0 Å². The van der Waals surface area contributed by atoms with Gasteiger partial charge in [-0.3, -0.25) is 4.79 Å². The molecule has 0 aliphatic heterocycles. The molecule has 4 heteroatoms. The van der Waals surface area contributed by atoms with Crippen molar-refractivity contribution in [1.82, 2.24) is 5.32 Å². The Balaban J connectivity index is 2.04. The zero-order chi connectivity index (χ0) is 13.3. The van der Waals surface area contributed by atoms with Crippen molar-refractivity contribution in [3.05, 3.63) is 35.4 Å². The fourth-order valence-electron chi connectivity index (χ4n) is 2.18. The van der Waals surface area contributed by atoms with E-state index in [1.807, 2.05) is 26.0 Å². The number of carbonyl (C=O) groups is 1. The van der Waals surface area contributed by atoms with Crippen LogP contribution >= 0.6 is 11.6 Å². The number of aliphatic hydroxyl groups is 1. The van der Waals surface area contributed by atoms with Gasteiger partial charge in [0.1, 0.15) is 0 Å². The lowest BCUT2D eigenvalue weighted by atomic mass is 9.64. The van der Waals surface area contributed by atoms with Crippen molar-refractivity contribution in [3.8, 4) is 0 Å². The summed E-state index contributed by atoms with van der Waals surface area (Å²) in [5.74, 6) is 0.293. The van der Waals surface area contributed by atoms with E-state index in [1.54, 1.807) is 12.1 Å². The van der Waals surface area contributed by atoms with E-state index in [-0.39, 0.29) is 23.5 Å². The minimum absolute atomic E-state index is 0.0275. The summed E-state index contributed by atoms with van der Waals surface area (Å²) in [6.07, 6.45) is 0.283. The Labute approximate surface area is 112 Å². The molecule has 0 spiro atoms. The third-order valence-corrected chi connectivity index (χ3v) is 4.17. The molecule has 1 aliphatic rings. The van der Waals surface area contributed by atoms with Crippen molar-refractivity contribution >= 4 is 17.5 Å². The highest BCUT2D eigenvalue weighted by Gasteiger charge is 2.47. The van der Waals surface area contributed by atoms with Crippen molar-refractivity contribution < 1.29 is 9.90 Å².